The van der Waals surface area contributed by atoms with E-state index in [1.54, 1.807) is 0 Å². The first kappa shape index (κ1) is 9.97. The highest BCUT2D eigenvalue weighted by Crippen LogP contribution is 2.15. The number of nitrogens with one attached hydrogen (secondary N) is 1. The summed E-state index contributed by atoms with van der Waals surface area (Å²) in [5.41, 5.74) is 5.79. The maximum atomic E-state index is 11.0. The number of benzene rings is 1. The lowest BCUT2D eigenvalue weighted by atomic mass is 10.3. The summed E-state index contributed by atoms with van der Waals surface area (Å²) in [7, 11) is 0. The molecule has 7 nitrogen and oxygen atoms in total. The van der Waals surface area contributed by atoms with E-state index < -0.39 is 4.92 Å². The van der Waals surface area contributed by atoms with Gasteiger partial charge in [0, 0.05) is 18.2 Å². The molecule has 82 valence electrons. The van der Waals surface area contributed by atoms with Gasteiger partial charge >= 0.3 is 0 Å². The van der Waals surface area contributed by atoms with Crippen LogP contribution in [0.25, 0.3) is 5.69 Å². The fraction of sp³-hybridized carbons (Fsp3) is 0. The van der Waals surface area contributed by atoms with E-state index in [2.05, 4.69) is 5.10 Å². The van der Waals surface area contributed by atoms with E-state index in [4.69, 9.17) is 5.73 Å². The molecule has 0 saturated carbocycles. The van der Waals surface area contributed by atoms with Crippen molar-refractivity contribution in [2.75, 3.05) is 5.73 Å². The predicted molar refractivity (Wildman–Crippen MR) is 57.5 cm³/mol. The molecule has 1 aromatic carbocycles. The molecule has 0 aliphatic heterocycles. The lowest BCUT2D eigenvalue weighted by Crippen LogP contribution is -2.05. The summed E-state index contributed by atoms with van der Waals surface area (Å²) >= 11 is 0. The van der Waals surface area contributed by atoms with Crippen molar-refractivity contribution >= 4 is 11.5 Å². The molecule has 0 bridgehead atoms. The van der Waals surface area contributed by atoms with Crippen LogP contribution in [0.15, 0.2) is 35.1 Å². The average Bonchev–Trinajstić information content (AvgIpc) is 2.58. The minimum absolute atomic E-state index is 0.0168. The van der Waals surface area contributed by atoms with Gasteiger partial charge in [0.1, 0.15) is 5.82 Å². The Morgan fingerprint density at radius 1 is 1.31 bits per heavy atom. The molecule has 2 aromatic rings. The van der Waals surface area contributed by atoms with Crippen LogP contribution < -0.4 is 11.3 Å². The number of nitro groups is 1. The number of hydrogen-bond donors (Lipinski definition) is 2. The second-order valence-electron chi connectivity index (χ2n) is 3.15. The average molecular weight is 220 g/mol. The SMILES string of the molecule is Nc1cc(=O)[nH]n1-c1ccc([N+](=O)[O-])cc1. The van der Waals surface area contributed by atoms with Crippen molar-refractivity contribution in [2.45, 2.75) is 0 Å². The van der Waals surface area contributed by atoms with Gasteiger partial charge in [0.15, 0.2) is 0 Å². The molecule has 0 aliphatic carbocycles. The van der Waals surface area contributed by atoms with Gasteiger partial charge in [-0.15, -0.1) is 0 Å². The van der Waals surface area contributed by atoms with Gasteiger partial charge in [-0.2, -0.15) is 0 Å². The number of aromatic amines is 1. The van der Waals surface area contributed by atoms with Crippen molar-refractivity contribution in [2.24, 2.45) is 0 Å². The second-order valence-corrected chi connectivity index (χ2v) is 3.15. The molecule has 0 aliphatic rings. The zero-order chi connectivity index (χ0) is 11.7. The number of nitrogens with two attached hydrogens (primary N) is 1. The van der Waals surface area contributed by atoms with E-state index in [9.17, 15) is 14.9 Å². The molecule has 0 saturated heterocycles. The van der Waals surface area contributed by atoms with Crippen LogP contribution in [0.2, 0.25) is 0 Å². The summed E-state index contributed by atoms with van der Waals surface area (Å²) in [6.07, 6.45) is 0. The first-order chi connectivity index (χ1) is 7.58. The summed E-state index contributed by atoms with van der Waals surface area (Å²) in [4.78, 5) is 20.9. The Morgan fingerprint density at radius 3 is 2.38 bits per heavy atom. The maximum absolute atomic E-state index is 11.0. The van der Waals surface area contributed by atoms with Crippen LogP contribution >= 0.6 is 0 Å². The Kier molecular flexibility index (Phi) is 2.20. The molecule has 0 amide bonds. The van der Waals surface area contributed by atoms with E-state index in [1.165, 1.54) is 35.0 Å². The van der Waals surface area contributed by atoms with Crippen molar-refractivity contribution in [3.05, 3.63) is 50.8 Å². The summed E-state index contributed by atoms with van der Waals surface area (Å²) in [5, 5.41) is 12.9. The van der Waals surface area contributed by atoms with Crippen molar-refractivity contribution in [1.29, 1.82) is 0 Å². The van der Waals surface area contributed by atoms with Crippen LogP contribution in [0.3, 0.4) is 0 Å². The van der Waals surface area contributed by atoms with E-state index in [-0.39, 0.29) is 17.1 Å². The van der Waals surface area contributed by atoms with Gasteiger partial charge in [0.05, 0.1) is 10.6 Å². The second kappa shape index (κ2) is 3.54. The van der Waals surface area contributed by atoms with Crippen molar-refractivity contribution < 1.29 is 4.92 Å². The van der Waals surface area contributed by atoms with E-state index in [1.807, 2.05) is 0 Å². The lowest BCUT2D eigenvalue weighted by Gasteiger charge is -2.03. The van der Waals surface area contributed by atoms with E-state index in [0.717, 1.165) is 0 Å². The highest BCUT2D eigenvalue weighted by atomic mass is 16.6. The fourth-order valence-corrected chi connectivity index (χ4v) is 1.34. The van der Waals surface area contributed by atoms with Crippen LogP contribution in [0.1, 0.15) is 0 Å². The van der Waals surface area contributed by atoms with Crippen LogP contribution in [0.5, 0.6) is 0 Å². The van der Waals surface area contributed by atoms with Gasteiger partial charge in [-0.25, -0.2) is 4.68 Å². The molecule has 16 heavy (non-hydrogen) atoms. The minimum atomic E-state index is -0.495. The van der Waals surface area contributed by atoms with Crippen LogP contribution in [0.4, 0.5) is 11.5 Å². The topological polar surface area (TPSA) is 107 Å². The fourth-order valence-electron chi connectivity index (χ4n) is 1.34. The quantitative estimate of drug-likeness (QED) is 0.572. The maximum Gasteiger partial charge on any atom is 0.269 e. The molecule has 0 spiro atoms. The molecule has 1 aromatic heterocycles. The van der Waals surface area contributed by atoms with Crippen molar-refractivity contribution in [3.63, 3.8) is 0 Å². The number of hydrogen-bond acceptors (Lipinski definition) is 4. The minimum Gasteiger partial charge on any atom is -0.384 e. The highest BCUT2D eigenvalue weighted by molar-refractivity contribution is 5.45. The third-order valence-electron chi connectivity index (χ3n) is 2.08. The first-order valence-electron chi connectivity index (χ1n) is 4.40. The molecule has 1 heterocycles. The molecule has 7 heteroatoms. The molecular formula is C9H8N4O3. The van der Waals surface area contributed by atoms with E-state index >= 15 is 0 Å². The zero-order valence-corrected chi connectivity index (χ0v) is 8.08. The monoisotopic (exact) mass is 220 g/mol. The Balaban J connectivity index is 2.46. The molecule has 0 fully saturated rings. The number of nitrogen functional groups attached to an aromatic ring is 1. The Hall–Kier alpha value is -2.57. The number of aromatic nitrogens is 2. The third-order valence-corrected chi connectivity index (χ3v) is 2.08. The summed E-state index contributed by atoms with van der Waals surface area (Å²) in [6.45, 7) is 0. The summed E-state index contributed by atoms with van der Waals surface area (Å²) in [6, 6.07) is 6.93. The number of anilines is 1. The van der Waals surface area contributed by atoms with Gasteiger partial charge in [-0.1, -0.05) is 0 Å². The van der Waals surface area contributed by atoms with Gasteiger partial charge in [0.2, 0.25) is 0 Å². The number of H-pyrrole nitrogens is 1. The van der Waals surface area contributed by atoms with Crippen molar-refractivity contribution in [1.82, 2.24) is 9.78 Å². The Bertz CT molecular complexity index is 582. The van der Waals surface area contributed by atoms with Crippen LogP contribution in [-0.2, 0) is 0 Å². The summed E-state index contributed by atoms with van der Waals surface area (Å²) in [5.74, 6) is 0.249. The Morgan fingerprint density at radius 2 is 1.94 bits per heavy atom. The third kappa shape index (κ3) is 1.65. The molecule has 3 N–H and O–H groups in total. The largest absolute Gasteiger partial charge is 0.384 e. The standard InChI is InChI=1S/C9H8N4O3/c10-8-5-9(14)11-12(8)6-1-3-7(4-2-6)13(15)16/h1-5H,10H2,(H,11,14). The number of non-ortho nitro benzene ring substituents is 1. The summed E-state index contributed by atoms with van der Waals surface area (Å²) < 4.78 is 1.35. The predicted octanol–water partition coefficient (Wildman–Crippen LogP) is 0.656. The highest BCUT2D eigenvalue weighted by Gasteiger charge is 2.07. The smallest absolute Gasteiger partial charge is 0.269 e. The molecule has 0 radical (unpaired) electrons. The van der Waals surface area contributed by atoms with Gasteiger partial charge in [-0.05, 0) is 12.1 Å². The lowest BCUT2D eigenvalue weighted by molar-refractivity contribution is -0.384. The first-order valence-corrected chi connectivity index (χ1v) is 4.40. The molecule has 2 rings (SSSR count). The van der Waals surface area contributed by atoms with Gasteiger partial charge in [-0.3, -0.25) is 20.0 Å². The molecular weight excluding hydrogens is 212 g/mol. The molecule has 0 unspecified atom stereocenters. The van der Waals surface area contributed by atoms with Crippen LogP contribution in [-0.4, -0.2) is 14.7 Å². The number of nitro benzene ring substituents is 1. The number of nitrogens with zero attached hydrogens (tertiary/aromatic N) is 2. The molecule has 0 atom stereocenters. The number of rotatable bonds is 2. The normalized spacial score (nSPS) is 10.2. The van der Waals surface area contributed by atoms with Crippen molar-refractivity contribution in [3.8, 4) is 5.69 Å². The Labute approximate surface area is 89.3 Å². The zero-order valence-electron chi connectivity index (χ0n) is 8.08. The van der Waals surface area contributed by atoms with Gasteiger partial charge < -0.3 is 5.73 Å². The van der Waals surface area contributed by atoms with E-state index in [0.29, 0.717) is 5.69 Å². The van der Waals surface area contributed by atoms with Gasteiger partial charge in [0.25, 0.3) is 11.2 Å². The van der Waals surface area contributed by atoms with Crippen LogP contribution in [0, 0.1) is 10.1 Å².